The first-order valence-corrected chi connectivity index (χ1v) is 15.1. The van der Waals surface area contributed by atoms with Crippen molar-refractivity contribution in [1.82, 2.24) is 10.2 Å². The maximum Gasteiger partial charge on any atom is 0.264 e. The number of anilines is 1. The Balaban J connectivity index is 2.01. The fraction of sp³-hybridized carbons (Fsp3) is 0.355. The number of hydrogen-bond donors (Lipinski definition) is 1. The second-order valence-corrected chi connectivity index (χ2v) is 11.4. The third-order valence-electron chi connectivity index (χ3n) is 6.77. The number of unbranched alkanes of at least 4 members (excludes halogenated alkanes) is 1. The molecule has 2 amide bonds. The molecule has 0 aromatic heterocycles. The van der Waals surface area contributed by atoms with E-state index in [1.54, 1.807) is 68.6 Å². The molecule has 11 heteroatoms. The summed E-state index contributed by atoms with van der Waals surface area (Å²) >= 11 is 0. The van der Waals surface area contributed by atoms with E-state index in [2.05, 4.69) is 5.32 Å². The van der Waals surface area contributed by atoms with Gasteiger partial charge in [0.25, 0.3) is 10.0 Å². The molecule has 226 valence electrons. The van der Waals surface area contributed by atoms with Crippen molar-refractivity contribution in [1.29, 1.82) is 0 Å². The molecule has 0 heterocycles. The number of rotatable bonds is 15. The molecule has 1 atom stereocenters. The van der Waals surface area contributed by atoms with Crippen molar-refractivity contribution in [2.45, 2.75) is 44.2 Å². The number of carbonyl (C=O) groups is 2. The van der Waals surface area contributed by atoms with Crippen molar-refractivity contribution >= 4 is 27.5 Å². The molecule has 0 unspecified atom stereocenters. The van der Waals surface area contributed by atoms with Gasteiger partial charge in [-0.25, -0.2) is 8.42 Å². The van der Waals surface area contributed by atoms with E-state index in [-0.39, 0.29) is 23.1 Å². The number of benzene rings is 3. The van der Waals surface area contributed by atoms with Gasteiger partial charge in [0.05, 0.1) is 31.9 Å². The normalized spacial score (nSPS) is 11.7. The predicted molar refractivity (Wildman–Crippen MR) is 161 cm³/mol. The van der Waals surface area contributed by atoms with Crippen molar-refractivity contribution in [3.63, 3.8) is 0 Å². The Morgan fingerprint density at radius 3 is 2.14 bits per heavy atom. The molecule has 0 aliphatic carbocycles. The molecule has 0 saturated heterocycles. The van der Waals surface area contributed by atoms with Crippen LogP contribution in [0.1, 0.15) is 32.3 Å². The van der Waals surface area contributed by atoms with E-state index < -0.39 is 28.5 Å². The summed E-state index contributed by atoms with van der Waals surface area (Å²) in [7, 11) is 0.177. The lowest BCUT2D eigenvalue weighted by Crippen LogP contribution is -2.51. The quantitative estimate of drug-likeness (QED) is 0.261. The van der Waals surface area contributed by atoms with E-state index in [1.807, 2.05) is 6.92 Å². The van der Waals surface area contributed by atoms with Crippen molar-refractivity contribution in [2.24, 2.45) is 0 Å². The first-order chi connectivity index (χ1) is 20.2. The van der Waals surface area contributed by atoms with Crippen LogP contribution in [0.15, 0.2) is 77.7 Å². The smallest absolute Gasteiger partial charge is 0.264 e. The van der Waals surface area contributed by atoms with Crippen LogP contribution in [0.5, 0.6) is 17.2 Å². The Hall–Kier alpha value is -4.25. The molecule has 1 N–H and O–H groups in total. The van der Waals surface area contributed by atoms with E-state index in [1.165, 1.54) is 37.3 Å². The van der Waals surface area contributed by atoms with Crippen LogP contribution in [-0.2, 0) is 26.2 Å². The molecule has 0 aliphatic rings. The predicted octanol–water partition coefficient (Wildman–Crippen LogP) is 4.24. The number of methoxy groups -OCH3 is 3. The van der Waals surface area contributed by atoms with Gasteiger partial charge < -0.3 is 24.4 Å². The number of nitrogens with one attached hydrogen (secondary N) is 1. The van der Waals surface area contributed by atoms with Crippen LogP contribution in [0.4, 0.5) is 5.69 Å². The molecule has 0 bridgehead atoms. The van der Waals surface area contributed by atoms with Gasteiger partial charge in [0.2, 0.25) is 11.8 Å². The van der Waals surface area contributed by atoms with Crippen LogP contribution in [0.3, 0.4) is 0 Å². The lowest BCUT2D eigenvalue weighted by molar-refractivity contribution is -0.139. The van der Waals surface area contributed by atoms with Crippen LogP contribution in [0.25, 0.3) is 0 Å². The van der Waals surface area contributed by atoms with Crippen molar-refractivity contribution in [2.75, 3.05) is 38.7 Å². The summed E-state index contributed by atoms with van der Waals surface area (Å²) < 4.78 is 44.9. The minimum absolute atomic E-state index is 0.0798. The van der Waals surface area contributed by atoms with E-state index in [0.717, 1.165) is 22.7 Å². The molecule has 10 nitrogen and oxygen atoms in total. The van der Waals surface area contributed by atoms with Crippen molar-refractivity contribution in [3.05, 3.63) is 78.4 Å². The Kier molecular flexibility index (Phi) is 11.6. The molecule has 42 heavy (non-hydrogen) atoms. The molecule has 0 radical (unpaired) electrons. The number of ether oxygens (including phenoxy) is 3. The molecule has 3 aromatic rings. The number of para-hydroxylation sites is 1. The molecule has 0 spiro atoms. The van der Waals surface area contributed by atoms with Gasteiger partial charge in [-0.3, -0.25) is 13.9 Å². The molecule has 0 saturated carbocycles. The van der Waals surface area contributed by atoms with Crippen LogP contribution in [0.2, 0.25) is 0 Å². The van der Waals surface area contributed by atoms with E-state index in [0.29, 0.717) is 23.7 Å². The lowest BCUT2D eigenvalue weighted by Gasteiger charge is -2.32. The molecule has 0 aliphatic heterocycles. The zero-order valence-electron chi connectivity index (χ0n) is 24.7. The number of hydrogen-bond acceptors (Lipinski definition) is 7. The number of carbonyl (C=O) groups excluding carboxylic acids is 2. The largest absolute Gasteiger partial charge is 0.497 e. The summed E-state index contributed by atoms with van der Waals surface area (Å²) in [6, 6.07) is 18.9. The Bertz CT molecular complexity index is 1430. The highest BCUT2D eigenvalue weighted by atomic mass is 32.2. The lowest BCUT2D eigenvalue weighted by atomic mass is 10.1. The summed E-state index contributed by atoms with van der Waals surface area (Å²) in [4.78, 5) is 28.4. The van der Waals surface area contributed by atoms with E-state index >= 15 is 0 Å². The SMILES string of the molecule is CCCCNC(=O)[C@H](C)N(Cc1ccc(OC)cc1)C(=O)CN(c1ccccc1)S(=O)(=O)c1ccc(OC)c(OC)c1. The van der Waals surface area contributed by atoms with Crippen LogP contribution >= 0.6 is 0 Å². The number of nitrogens with zero attached hydrogens (tertiary/aromatic N) is 2. The topological polar surface area (TPSA) is 114 Å². The number of sulfonamides is 1. The monoisotopic (exact) mass is 597 g/mol. The van der Waals surface area contributed by atoms with Gasteiger partial charge in [-0.2, -0.15) is 0 Å². The minimum atomic E-state index is -4.25. The van der Waals surface area contributed by atoms with Gasteiger partial charge in [-0.15, -0.1) is 0 Å². The maximum absolute atomic E-state index is 14.0. The van der Waals surface area contributed by atoms with Crippen LogP contribution in [-0.4, -0.2) is 65.6 Å². The first kappa shape index (κ1) is 32.3. The highest BCUT2D eigenvalue weighted by Gasteiger charge is 2.33. The maximum atomic E-state index is 14.0. The summed E-state index contributed by atoms with van der Waals surface area (Å²) in [6.07, 6.45) is 1.71. The molecule has 3 rings (SSSR count). The van der Waals surface area contributed by atoms with Gasteiger partial charge in [0, 0.05) is 19.2 Å². The zero-order valence-corrected chi connectivity index (χ0v) is 25.5. The summed E-state index contributed by atoms with van der Waals surface area (Å²) in [5.74, 6) is 0.387. The third kappa shape index (κ3) is 7.94. The standard InChI is InChI=1S/C31H39N3O7S/c1-6-7-19-32-31(36)23(2)33(21-24-13-15-26(39-3)16-14-24)30(35)22-34(25-11-9-8-10-12-25)42(37,38)27-17-18-28(40-4)29(20-27)41-5/h8-18,20,23H,6-7,19,21-22H2,1-5H3,(H,32,36)/t23-/m0/s1. The molecule has 3 aromatic carbocycles. The van der Waals surface area contributed by atoms with Crippen molar-refractivity contribution < 1.29 is 32.2 Å². The molecular formula is C31H39N3O7S. The Morgan fingerprint density at radius 1 is 0.881 bits per heavy atom. The van der Waals surface area contributed by atoms with Crippen molar-refractivity contribution in [3.8, 4) is 17.2 Å². The highest BCUT2D eigenvalue weighted by molar-refractivity contribution is 7.92. The molecule has 0 fully saturated rings. The second kappa shape index (κ2) is 15.1. The van der Waals surface area contributed by atoms with Gasteiger partial charge in [-0.1, -0.05) is 43.7 Å². The first-order valence-electron chi connectivity index (χ1n) is 13.7. The summed E-state index contributed by atoms with van der Waals surface area (Å²) in [5, 5.41) is 2.88. The van der Waals surface area contributed by atoms with E-state index in [4.69, 9.17) is 14.2 Å². The van der Waals surface area contributed by atoms with E-state index in [9.17, 15) is 18.0 Å². The molecular weight excluding hydrogens is 558 g/mol. The average molecular weight is 598 g/mol. The Morgan fingerprint density at radius 2 is 1.55 bits per heavy atom. The van der Waals surface area contributed by atoms with Crippen LogP contribution in [0, 0.1) is 0 Å². The third-order valence-corrected chi connectivity index (χ3v) is 8.54. The zero-order chi connectivity index (χ0) is 30.7. The average Bonchev–Trinajstić information content (AvgIpc) is 3.02. The summed E-state index contributed by atoms with van der Waals surface area (Å²) in [6.45, 7) is 3.69. The fourth-order valence-electron chi connectivity index (χ4n) is 4.27. The van der Waals surface area contributed by atoms with Gasteiger partial charge >= 0.3 is 0 Å². The minimum Gasteiger partial charge on any atom is -0.497 e. The van der Waals surface area contributed by atoms with Gasteiger partial charge in [0.1, 0.15) is 18.3 Å². The Labute approximate surface area is 248 Å². The number of amides is 2. The fourth-order valence-corrected chi connectivity index (χ4v) is 5.70. The summed E-state index contributed by atoms with van der Waals surface area (Å²) in [5.41, 5.74) is 1.05. The van der Waals surface area contributed by atoms with Gasteiger partial charge in [0.15, 0.2) is 11.5 Å². The van der Waals surface area contributed by atoms with Gasteiger partial charge in [-0.05, 0) is 55.3 Å². The van der Waals surface area contributed by atoms with Crippen LogP contribution < -0.4 is 23.8 Å². The highest BCUT2D eigenvalue weighted by Crippen LogP contribution is 2.32. The second-order valence-electron chi connectivity index (χ2n) is 9.55.